The molecular weight excluding hydrogens is 307 g/mol. The summed E-state index contributed by atoms with van der Waals surface area (Å²) >= 11 is 9.18. The van der Waals surface area contributed by atoms with E-state index >= 15 is 0 Å². The van der Waals surface area contributed by atoms with Crippen molar-refractivity contribution in [3.05, 3.63) is 38.3 Å². The van der Waals surface area contributed by atoms with Crippen LogP contribution in [0.3, 0.4) is 0 Å². The number of nitrogens with zero attached hydrogens (tertiary/aromatic N) is 2. The van der Waals surface area contributed by atoms with Gasteiger partial charge in [0.1, 0.15) is 5.78 Å². The molecule has 0 aliphatic heterocycles. The number of benzene rings is 1. The first-order valence-electron chi connectivity index (χ1n) is 4.84. The summed E-state index contributed by atoms with van der Waals surface area (Å²) in [5.41, 5.74) is 0.205. The number of aromatic nitrogens is 2. The average molecular weight is 316 g/mol. The largest absolute Gasteiger partial charge is 0.298 e. The summed E-state index contributed by atoms with van der Waals surface area (Å²) in [5, 5.41) is 0.467. The lowest BCUT2D eigenvalue weighted by atomic mass is 10.2. The average Bonchev–Trinajstić information content (AvgIpc) is 2.23. The summed E-state index contributed by atoms with van der Waals surface area (Å²) in [4.78, 5) is 27.2. The van der Waals surface area contributed by atoms with Crippen molar-refractivity contribution in [1.82, 2.24) is 9.55 Å². The molecule has 6 heteroatoms. The fourth-order valence-corrected chi connectivity index (χ4v) is 2.10. The summed E-state index contributed by atoms with van der Waals surface area (Å²) in [7, 11) is 0. The number of hydrogen-bond acceptors (Lipinski definition) is 3. The van der Waals surface area contributed by atoms with Gasteiger partial charge < -0.3 is 0 Å². The molecule has 0 aliphatic rings. The van der Waals surface area contributed by atoms with Crippen LogP contribution in [0, 0.1) is 0 Å². The zero-order chi connectivity index (χ0) is 12.6. The minimum atomic E-state index is -0.303. The highest BCUT2D eigenvalue weighted by atomic mass is 79.9. The Bertz CT molecular complexity index is 666. The molecule has 1 aromatic carbocycles. The van der Waals surface area contributed by atoms with Gasteiger partial charge in [-0.05, 0) is 36.7 Å². The number of Topliss-reactive ketones (excluding diaryl/α,β-unsaturated/α-hetero) is 1. The Morgan fingerprint density at radius 1 is 1.53 bits per heavy atom. The van der Waals surface area contributed by atoms with E-state index < -0.39 is 0 Å². The Kier molecular flexibility index (Phi) is 3.31. The van der Waals surface area contributed by atoms with E-state index in [1.807, 2.05) is 0 Å². The smallest absolute Gasteiger partial charge is 0.262 e. The number of halogens is 2. The third kappa shape index (κ3) is 2.40. The molecule has 0 fully saturated rings. The van der Waals surface area contributed by atoms with Crippen molar-refractivity contribution in [1.29, 1.82) is 0 Å². The topological polar surface area (TPSA) is 52.0 Å². The van der Waals surface area contributed by atoms with Gasteiger partial charge in [0.05, 0.1) is 17.4 Å². The van der Waals surface area contributed by atoms with Crippen LogP contribution in [0.5, 0.6) is 0 Å². The van der Waals surface area contributed by atoms with Crippen molar-refractivity contribution in [2.75, 3.05) is 0 Å². The van der Waals surface area contributed by atoms with E-state index in [1.54, 1.807) is 18.2 Å². The first-order chi connectivity index (χ1) is 7.99. The molecule has 0 aliphatic carbocycles. The van der Waals surface area contributed by atoms with Gasteiger partial charge >= 0.3 is 0 Å². The Morgan fingerprint density at radius 2 is 2.24 bits per heavy atom. The van der Waals surface area contributed by atoms with Crippen molar-refractivity contribution in [3.63, 3.8) is 0 Å². The number of carbonyl (C=O) groups is 1. The second kappa shape index (κ2) is 4.58. The van der Waals surface area contributed by atoms with Gasteiger partial charge in [-0.25, -0.2) is 4.98 Å². The number of ketones is 1. The van der Waals surface area contributed by atoms with Gasteiger partial charge in [0, 0.05) is 4.47 Å². The maximum atomic E-state index is 12.1. The minimum Gasteiger partial charge on any atom is -0.298 e. The fourth-order valence-electron chi connectivity index (χ4n) is 1.53. The molecule has 1 heterocycles. The van der Waals surface area contributed by atoms with E-state index in [2.05, 4.69) is 20.9 Å². The normalized spacial score (nSPS) is 10.8. The van der Waals surface area contributed by atoms with Crippen LogP contribution in [0.4, 0.5) is 0 Å². The quantitative estimate of drug-likeness (QED) is 0.800. The molecule has 2 rings (SSSR count). The van der Waals surface area contributed by atoms with Crippen LogP contribution in [0.1, 0.15) is 6.92 Å². The Labute approximate surface area is 110 Å². The molecule has 88 valence electrons. The molecule has 0 saturated carbocycles. The second-order valence-corrected chi connectivity index (χ2v) is 4.89. The van der Waals surface area contributed by atoms with Crippen molar-refractivity contribution >= 4 is 44.2 Å². The molecule has 0 radical (unpaired) electrons. The number of fused-ring (bicyclic) bond motifs is 1. The van der Waals surface area contributed by atoms with Crippen molar-refractivity contribution in [2.45, 2.75) is 13.5 Å². The van der Waals surface area contributed by atoms with Crippen LogP contribution in [0.15, 0.2) is 27.5 Å². The Balaban J connectivity index is 2.76. The molecule has 2 aromatic rings. The first-order valence-corrected chi connectivity index (χ1v) is 6.01. The zero-order valence-corrected chi connectivity index (χ0v) is 11.2. The molecule has 0 saturated heterocycles. The highest BCUT2D eigenvalue weighted by Gasteiger charge is 2.10. The van der Waals surface area contributed by atoms with Gasteiger partial charge in [-0.3, -0.25) is 14.2 Å². The number of rotatable bonds is 2. The minimum absolute atomic E-state index is 0.0239. The number of hydrogen-bond donors (Lipinski definition) is 0. The van der Waals surface area contributed by atoms with Gasteiger partial charge in [0.2, 0.25) is 5.28 Å². The van der Waals surface area contributed by atoms with Gasteiger partial charge in [0.15, 0.2) is 0 Å². The lowest BCUT2D eigenvalue weighted by Crippen LogP contribution is -2.25. The second-order valence-electron chi connectivity index (χ2n) is 3.64. The maximum absolute atomic E-state index is 12.1. The van der Waals surface area contributed by atoms with Gasteiger partial charge in [0.25, 0.3) is 5.56 Å². The predicted octanol–water partition coefficient (Wildman–Crippen LogP) is 2.40. The zero-order valence-electron chi connectivity index (χ0n) is 8.91. The summed E-state index contributed by atoms with van der Waals surface area (Å²) in [6, 6.07) is 5.11. The van der Waals surface area contributed by atoms with Crippen LogP contribution >= 0.6 is 27.5 Å². The molecule has 0 bridgehead atoms. The van der Waals surface area contributed by atoms with E-state index in [9.17, 15) is 9.59 Å². The lowest BCUT2D eigenvalue weighted by molar-refractivity contribution is -0.117. The van der Waals surface area contributed by atoms with E-state index in [0.29, 0.717) is 10.9 Å². The van der Waals surface area contributed by atoms with E-state index in [4.69, 9.17) is 11.6 Å². The van der Waals surface area contributed by atoms with E-state index in [1.165, 1.54) is 11.5 Å². The van der Waals surface area contributed by atoms with Crippen LogP contribution in [0.25, 0.3) is 10.9 Å². The van der Waals surface area contributed by atoms with E-state index in [0.717, 1.165) is 4.47 Å². The summed E-state index contributed by atoms with van der Waals surface area (Å²) in [5.74, 6) is -0.146. The molecule has 4 nitrogen and oxygen atoms in total. The van der Waals surface area contributed by atoms with Crippen molar-refractivity contribution < 1.29 is 4.79 Å². The Morgan fingerprint density at radius 3 is 2.88 bits per heavy atom. The van der Waals surface area contributed by atoms with Crippen LogP contribution < -0.4 is 5.56 Å². The Hall–Kier alpha value is -1.20. The van der Waals surface area contributed by atoms with Gasteiger partial charge in [-0.15, -0.1) is 0 Å². The summed E-state index contributed by atoms with van der Waals surface area (Å²) in [6.07, 6.45) is 0. The third-order valence-corrected chi connectivity index (χ3v) is 3.03. The highest BCUT2D eigenvalue weighted by Crippen LogP contribution is 2.17. The molecule has 0 unspecified atom stereocenters. The molecule has 1 aromatic heterocycles. The monoisotopic (exact) mass is 314 g/mol. The molecule has 0 amide bonds. The molecule has 0 N–H and O–H groups in total. The third-order valence-electron chi connectivity index (χ3n) is 2.25. The first kappa shape index (κ1) is 12.3. The van der Waals surface area contributed by atoms with Gasteiger partial charge in [-0.1, -0.05) is 15.9 Å². The van der Waals surface area contributed by atoms with Crippen LogP contribution in [-0.2, 0) is 11.3 Å². The van der Waals surface area contributed by atoms with Crippen molar-refractivity contribution in [2.24, 2.45) is 0 Å². The summed E-state index contributed by atoms with van der Waals surface area (Å²) < 4.78 is 1.98. The predicted molar refractivity (Wildman–Crippen MR) is 69.4 cm³/mol. The van der Waals surface area contributed by atoms with Crippen LogP contribution in [-0.4, -0.2) is 15.3 Å². The molecule has 17 heavy (non-hydrogen) atoms. The maximum Gasteiger partial charge on any atom is 0.262 e. The molecule has 0 atom stereocenters. The SMILES string of the molecule is CC(=O)Cn1c(Cl)nc2cc(Br)ccc2c1=O. The highest BCUT2D eigenvalue weighted by molar-refractivity contribution is 9.10. The summed E-state index contributed by atoms with van der Waals surface area (Å²) in [6.45, 7) is 1.34. The standard InChI is InChI=1S/C11H8BrClN2O2/c1-6(16)5-15-10(17)8-3-2-7(12)4-9(8)14-11(15)13/h2-4H,5H2,1H3. The lowest BCUT2D eigenvalue weighted by Gasteiger charge is -2.07. The molecular formula is C11H8BrClN2O2. The van der Waals surface area contributed by atoms with Crippen LogP contribution in [0.2, 0.25) is 5.28 Å². The van der Waals surface area contributed by atoms with Crippen molar-refractivity contribution in [3.8, 4) is 0 Å². The molecule has 0 spiro atoms. The van der Waals surface area contributed by atoms with Gasteiger partial charge in [-0.2, -0.15) is 0 Å². The van der Waals surface area contributed by atoms with E-state index in [-0.39, 0.29) is 23.2 Å². The number of carbonyl (C=O) groups excluding carboxylic acids is 1. The fraction of sp³-hybridized carbons (Fsp3) is 0.182.